The minimum absolute atomic E-state index is 0.0711. The van der Waals surface area contributed by atoms with Gasteiger partial charge in [0.25, 0.3) is 5.91 Å². The van der Waals surface area contributed by atoms with Crippen LogP contribution in [-0.4, -0.2) is 47.8 Å². The number of nitrogens with zero attached hydrogens (tertiary/aromatic N) is 2. The van der Waals surface area contributed by atoms with E-state index in [1.807, 2.05) is 6.92 Å². The lowest BCUT2D eigenvalue weighted by molar-refractivity contribution is -0.130. The minimum Gasteiger partial charge on any atom is -0.396 e. The molecule has 18 heavy (non-hydrogen) atoms. The molecule has 102 valence electrons. The molecule has 1 rings (SSSR count). The van der Waals surface area contributed by atoms with E-state index in [1.54, 1.807) is 7.05 Å². The number of aliphatic hydroxyl groups is 1. The second kappa shape index (κ2) is 7.10. The van der Waals surface area contributed by atoms with E-state index in [4.69, 9.17) is 5.11 Å². The van der Waals surface area contributed by atoms with E-state index in [1.165, 1.54) is 5.01 Å². The lowest BCUT2D eigenvalue weighted by Crippen LogP contribution is -2.39. The van der Waals surface area contributed by atoms with Gasteiger partial charge >= 0.3 is 0 Å². The fourth-order valence-corrected chi connectivity index (χ4v) is 1.81. The first-order valence-electron chi connectivity index (χ1n) is 6.31. The van der Waals surface area contributed by atoms with Crippen molar-refractivity contribution in [3.05, 3.63) is 0 Å². The SMILES string of the molecule is CCC(CCO)CNC(=O)C1=NN(C)C(=O)CC1. The normalized spacial score (nSPS) is 17.4. The first kappa shape index (κ1) is 14.6. The van der Waals surface area contributed by atoms with Crippen LogP contribution in [0.2, 0.25) is 0 Å². The molecule has 1 atom stereocenters. The molecular formula is C12H21N3O3. The van der Waals surface area contributed by atoms with Gasteiger partial charge in [0.1, 0.15) is 5.71 Å². The van der Waals surface area contributed by atoms with E-state index in [0.29, 0.717) is 31.5 Å². The van der Waals surface area contributed by atoms with E-state index in [9.17, 15) is 9.59 Å². The molecule has 6 nitrogen and oxygen atoms in total. The van der Waals surface area contributed by atoms with Gasteiger partial charge in [0, 0.05) is 33.0 Å². The van der Waals surface area contributed by atoms with Gasteiger partial charge in [0.2, 0.25) is 5.91 Å². The van der Waals surface area contributed by atoms with E-state index in [0.717, 1.165) is 6.42 Å². The van der Waals surface area contributed by atoms with E-state index in [2.05, 4.69) is 10.4 Å². The predicted octanol–water partition coefficient (Wildman–Crippen LogP) is 0.119. The van der Waals surface area contributed by atoms with Crippen LogP contribution in [0.5, 0.6) is 0 Å². The molecule has 2 amide bonds. The van der Waals surface area contributed by atoms with Gasteiger partial charge in [-0.15, -0.1) is 0 Å². The number of hydrogen-bond donors (Lipinski definition) is 2. The molecule has 0 aromatic rings. The van der Waals surface area contributed by atoms with Crippen LogP contribution < -0.4 is 5.32 Å². The first-order chi connectivity index (χ1) is 8.58. The number of hydrazone groups is 1. The molecule has 0 radical (unpaired) electrons. The Morgan fingerprint density at radius 2 is 2.28 bits per heavy atom. The van der Waals surface area contributed by atoms with Crippen LogP contribution in [-0.2, 0) is 9.59 Å². The Balaban J connectivity index is 2.46. The molecule has 0 aromatic heterocycles. The van der Waals surface area contributed by atoms with Crippen molar-refractivity contribution in [2.75, 3.05) is 20.2 Å². The summed E-state index contributed by atoms with van der Waals surface area (Å²) in [5.41, 5.74) is 0.399. The second-order valence-electron chi connectivity index (χ2n) is 4.46. The van der Waals surface area contributed by atoms with Crippen LogP contribution in [0.1, 0.15) is 32.6 Å². The fourth-order valence-electron chi connectivity index (χ4n) is 1.81. The van der Waals surface area contributed by atoms with Crippen molar-refractivity contribution in [3.63, 3.8) is 0 Å². The summed E-state index contributed by atoms with van der Waals surface area (Å²) >= 11 is 0. The first-order valence-corrected chi connectivity index (χ1v) is 6.31. The van der Waals surface area contributed by atoms with Gasteiger partial charge in [-0.2, -0.15) is 5.10 Å². The Labute approximate surface area is 107 Å². The summed E-state index contributed by atoms with van der Waals surface area (Å²) in [6.07, 6.45) is 2.32. The quantitative estimate of drug-likeness (QED) is 0.707. The highest BCUT2D eigenvalue weighted by atomic mass is 16.3. The zero-order chi connectivity index (χ0) is 13.5. The van der Waals surface area contributed by atoms with E-state index < -0.39 is 0 Å². The number of amides is 2. The third-order valence-corrected chi connectivity index (χ3v) is 3.14. The lowest BCUT2D eigenvalue weighted by Gasteiger charge is -2.20. The summed E-state index contributed by atoms with van der Waals surface area (Å²) in [6.45, 7) is 2.69. The van der Waals surface area contributed by atoms with Crippen LogP contribution in [0.4, 0.5) is 0 Å². The van der Waals surface area contributed by atoms with Crippen molar-refractivity contribution >= 4 is 17.5 Å². The lowest BCUT2D eigenvalue weighted by atomic mass is 10.0. The Bertz CT molecular complexity index is 341. The largest absolute Gasteiger partial charge is 0.396 e. The molecule has 1 aliphatic rings. The Hall–Kier alpha value is -1.43. The van der Waals surface area contributed by atoms with Crippen molar-refractivity contribution < 1.29 is 14.7 Å². The van der Waals surface area contributed by atoms with Crippen molar-refractivity contribution in [3.8, 4) is 0 Å². The summed E-state index contributed by atoms with van der Waals surface area (Å²) in [7, 11) is 1.55. The zero-order valence-electron chi connectivity index (χ0n) is 11.0. The monoisotopic (exact) mass is 255 g/mol. The summed E-state index contributed by atoms with van der Waals surface area (Å²) in [5, 5.41) is 16.8. The smallest absolute Gasteiger partial charge is 0.267 e. The molecule has 0 saturated heterocycles. The molecular weight excluding hydrogens is 234 g/mol. The van der Waals surface area contributed by atoms with Crippen molar-refractivity contribution in [2.24, 2.45) is 11.0 Å². The zero-order valence-corrected chi connectivity index (χ0v) is 11.0. The number of aliphatic hydroxyl groups excluding tert-OH is 1. The second-order valence-corrected chi connectivity index (χ2v) is 4.46. The number of hydrogen-bond acceptors (Lipinski definition) is 4. The average Bonchev–Trinajstić information content (AvgIpc) is 2.37. The molecule has 0 bridgehead atoms. The fraction of sp³-hybridized carbons (Fsp3) is 0.750. The van der Waals surface area contributed by atoms with E-state index >= 15 is 0 Å². The number of nitrogens with one attached hydrogen (secondary N) is 1. The highest BCUT2D eigenvalue weighted by Crippen LogP contribution is 2.08. The molecule has 1 unspecified atom stereocenters. The molecule has 0 saturated carbocycles. The summed E-state index contributed by atoms with van der Waals surface area (Å²) in [4.78, 5) is 23.1. The van der Waals surface area contributed by atoms with Crippen LogP contribution >= 0.6 is 0 Å². The highest BCUT2D eigenvalue weighted by Gasteiger charge is 2.22. The van der Waals surface area contributed by atoms with Crippen LogP contribution in [0.15, 0.2) is 5.10 Å². The Morgan fingerprint density at radius 3 is 2.83 bits per heavy atom. The maximum atomic E-state index is 11.8. The molecule has 6 heteroatoms. The van der Waals surface area contributed by atoms with Crippen LogP contribution in [0, 0.1) is 5.92 Å². The third-order valence-electron chi connectivity index (χ3n) is 3.14. The van der Waals surface area contributed by atoms with Crippen LogP contribution in [0.25, 0.3) is 0 Å². The minimum atomic E-state index is -0.217. The van der Waals surface area contributed by atoms with E-state index in [-0.39, 0.29) is 24.3 Å². The summed E-state index contributed by atoms with van der Waals surface area (Å²) in [6, 6.07) is 0. The maximum absolute atomic E-state index is 11.8. The van der Waals surface area contributed by atoms with Gasteiger partial charge in [-0.1, -0.05) is 13.3 Å². The summed E-state index contributed by atoms with van der Waals surface area (Å²) in [5.74, 6) is -0.00786. The Kier molecular flexibility index (Phi) is 5.77. The maximum Gasteiger partial charge on any atom is 0.267 e. The molecule has 1 heterocycles. The van der Waals surface area contributed by atoms with Gasteiger partial charge in [0.15, 0.2) is 0 Å². The number of carbonyl (C=O) groups is 2. The van der Waals surface area contributed by atoms with Gasteiger partial charge in [0.05, 0.1) is 0 Å². The van der Waals surface area contributed by atoms with Gasteiger partial charge in [-0.25, -0.2) is 5.01 Å². The molecule has 2 N–H and O–H groups in total. The topological polar surface area (TPSA) is 82.0 Å². The van der Waals surface area contributed by atoms with Gasteiger partial charge < -0.3 is 10.4 Å². The Morgan fingerprint density at radius 1 is 1.56 bits per heavy atom. The van der Waals surface area contributed by atoms with Crippen molar-refractivity contribution in [1.29, 1.82) is 0 Å². The molecule has 0 fully saturated rings. The highest BCUT2D eigenvalue weighted by molar-refractivity contribution is 6.39. The predicted molar refractivity (Wildman–Crippen MR) is 67.9 cm³/mol. The summed E-state index contributed by atoms with van der Waals surface area (Å²) < 4.78 is 0. The standard InChI is InChI=1S/C12H21N3O3/c1-3-9(6-7-16)8-13-12(18)10-4-5-11(17)15(2)14-10/h9,16H,3-8H2,1-2H3,(H,13,18). The van der Waals surface area contributed by atoms with Crippen molar-refractivity contribution in [1.82, 2.24) is 10.3 Å². The average molecular weight is 255 g/mol. The van der Waals surface area contributed by atoms with Crippen molar-refractivity contribution in [2.45, 2.75) is 32.6 Å². The number of rotatable bonds is 6. The van der Waals surface area contributed by atoms with Crippen LogP contribution in [0.3, 0.4) is 0 Å². The number of carbonyl (C=O) groups excluding carboxylic acids is 2. The molecule has 0 aliphatic carbocycles. The molecule has 0 aromatic carbocycles. The molecule has 0 spiro atoms. The van der Waals surface area contributed by atoms with Gasteiger partial charge in [-0.05, 0) is 12.3 Å². The third kappa shape index (κ3) is 4.10. The molecule has 1 aliphatic heterocycles. The van der Waals surface area contributed by atoms with Gasteiger partial charge in [-0.3, -0.25) is 9.59 Å².